The number of ether oxygens (including phenoxy) is 1. The molecule has 28 heavy (non-hydrogen) atoms. The summed E-state index contributed by atoms with van der Waals surface area (Å²) in [6, 6.07) is 7.49. The fraction of sp³-hybridized carbons (Fsp3) is 0.263. The van der Waals surface area contributed by atoms with Crippen LogP contribution in [0, 0.1) is 5.92 Å². The molecule has 0 radical (unpaired) electrons. The van der Waals surface area contributed by atoms with Gasteiger partial charge in [-0.05, 0) is 31.0 Å². The molecular weight excluding hydrogens is 426 g/mol. The number of carbonyl (C=O) groups is 1. The molecule has 0 aliphatic carbocycles. The Balaban J connectivity index is 1.62. The van der Waals surface area contributed by atoms with Crippen LogP contribution in [0.2, 0.25) is 0 Å². The Morgan fingerprint density at radius 2 is 2.00 bits per heavy atom. The van der Waals surface area contributed by atoms with Gasteiger partial charge in [0.25, 0.3) is 0 Å². The average Bonchev–Trinajstić information content (AvgIpc) is 2.72. The number of hydrogen-bond acceptors (Lipinski definition) is 7. The molecule has 3 aromatic rings. The standard InChI is InChI=1S/C19H18BrN5O3/c20-13-3-4-14(16-12(13)2-1-7-22-16)28-18-15(21)17(23-10-24-18)25-8-5-11(6-9-25)19(26)27/h1-4,7,10-11H,5-6,8-9,21H2,(H,26,27). The molecule has 0 amide bonds. The van der Waals surface area contributed by atoms with Gasteiger partial charge in [0.05, 0.1) is 5.92 Å². The molecule has 4 rings (SSSR count). The molecule has 9 heteroatoms. The smallest absolute Gasteiger partial charge is 0.306 e. The zero-order valence-electron chi connectivity index (χ0n) is 14.9. The van der Waals surface area contributed by atoms with E-state index in [0.717, 1.165) is 9.86 Å². The Morgan fingerprint density at radius 3 is 2.75 bits per heavy atom. The third kappa shape index (κ3) is 3.45. The van der Waals surface area contributed by atoms with Gasteiger partial charge in [0.15, 0.2) is 11.6 Å². The highest BCUT2D eigenvalue weighted by Gasteiger charge is 2.27. The van der Waals surface area contributed by atoms with E-state index in [1.165, 1.54) is 6.33 Å². The molecular formula is C19H18BrN5O3. The predicted octanol–water partition coefficient (Wildman–Crippen LogP) is 3.46. The second-order valence-corrected chi connectivity index (χ2v) is 7.42. The van der Waals surface area contributed by atoms with Gasteiger partial charge in [-0.3, -0.25) is 9.78 Å². The molecule has 8 nitrogen and oxygen atoms in total. The van der Waals surface area contributed by atoms with Gasteiger partial charge in [0.1, 0.15) is 17.5 Å². The van der Waals surface area contributed by atoms with Crippen LogP contribution in [0.5, 0.6) is 11.6 Å². The number of nitrogens with zero attached hydrogens (tertiary/aromatic N) is 4. The number of halogens is 1. The molecule has 1 aromatic carbocycles. The highest BCUT2D eigenvalue weighted by atomic mass is 79.9. The van der Waals surface area contributed by atoms with Crippen molar-refractivity contribution in [1.82, 2.24) is 15.0 Å². The minimum atomic E-state index is -0.756. The molecule has 1 saturated heterocycles. The number of aromatic nitrogens is 3. The molecule has 1 aliphatic heterocycles. The van der Waals surface area contributed by atoms with E-state index in [0.29, 0.717) is 48.7 Å². The van der Waals surface area contributed by atoms with Crippen molar-refractivity contribution in [1.29, 1.82) is 0 Å². The third-order valence-corrected chi connectivity index (χ3v) is 5.55. The van der Waals surface area contributed by atoms with Crippen molar-refractivity contribution >= 4 is 44.3 Å². The molecule has 0 unspecified atom stereocenters. The van der Waals surface area contributed by atoms with Gasteiger partial charge in [-0.15, -0.1) is 0 Å². The highest BCUT2D eigenvalue weighted by molar-refractivity contribution is 9.10. The molecule has 144 valence electrons. The molecule has 1 aliphatic rings. The lowest BCUT2D eigenvalue weighted by molar-refractivity contribution is -0.142. The summed E-state index contributed by atoms with van der Waals surface area (Å²) in [6.07, 6.45) is 4.20. The van der Waals surface area contributed by atoms with E-state index in [9.17, 15) is 4.79 Å². The minimum Gasteiger partial charge on any atom is -0.481 e. The Bertz CT molecular complexity index is 1040. The summed E-state index contributed by atoms with van der Waals surface area (Å²) in [6.45, 7) is 1.14. The fourth-order valence-corrected chi connectivity index (χ4v) is 3.79. The third-order valence-electron chi connectivity index (χ3n) is 4.86. The number of anilines is 2. The first-order valence-electron chi connectivity index (χ1n) is 8.84. The fourth-order valence-electron chi connectivity index (χ4n) is 3.34. The van der Waals surface area contributed by atoms with E-state index >= 15 is 0 Å². The summed E-state index contributed by atoms with van der Waals surface area (Å²) in [7, 11) is 0. The van der Waals surface area contributed by atoms with E-state index in [2.05, 4.69) is 30.9 Å². The second kappa shape index (κ2) is 7.59. The summed E-state index contributed by atoms with van der Waals surface area (Å²) in [4.78, 5) is 26.0. The van der Waals surface area contributed by atoms with Crippen molar-refractivity contribution in [3.63, 3.8) is 0 Å². The van der Waals surface area contributed by atoms with Crippen LogP contribution in [-0.2, 0) is 4.79 Å². The summed E-state index contributed by atoms with van der Waals surface area (Å²) in [5, 5.41) is 10.1. The van der Waals surface area contributed by atoms with Crippen molar-refractivity contribution in [2.45, 2.75) is 12.8 Å². The highest BCUT2D eigenvalue weighted by Crippen LogP contribution is 2.37. The quantitative estimate of drug-likeness (QED) is 0.629. The zero-order chi connectivity index (χ0) is 19.7. The van der Waals surface area contributed by atoms with Gasteiger partial charge in [0.2, 0.25) is 5.88 Å². The number of carboxylic acid groups (broad SMARTS) is 1. The molecule has 0 atom stereocenters. The average molecular weight is 444 g/mol. The molecule has 2 aromatic heterocycles. The van der Waals surface area contributed by atoms with Gasteiger partial charge in [0, 0.05) is 29.1 Å². The van der Waals surface area contributed by atoms with Crippen LogP contribution in [0.3, 0.4) is 0 Å². The lowest BCUT2D eigenvalue weighted by Gasteiger charge is -2.31. The van der Waals surface area contributed by atoms with Crippen molar-refractivity contribution < 1.29 is 14.6 Å². The number of aliphatic carboxylic acids is 1. The monoisotopic (exact) mass is 443 g/mol. The number of piperidine rings is 1. The van der Waals surface area contributed by atoms with Crippen molar-refractivity contribution in [2.75, 3.05) is 23.7 Å². The van der Waals surface area contributed by atoms with E-state index < -0.39 is 5.97 Å². The molecule has 0 saturated carbocycles. The molecule has 1 fully saturated rings. The van der Waals surface area contributed by atoms with Crippen LogP contribution >= 0.6 is 15.9 Å². The van der Waals surface area contributed by atoms with E-state index in [-0.39, 0.29) is 11.8 Å². The summed E-state index contributed by atoms with van der Waals surface area (Å²) in [5.74, 6) is 0.270. The maximum atomic E-state index is 11.2. The lowest BCUT2D eigenvalue weighted by atomic mass is 9.97. The zero-order valence-corrected chi connectivity index (χ0v) is 16.5. The van der Waals surface area contributed by atoms with Crippen molar-refractivity contribution in [3.05, 3.63) is 41.3 Å². The number of nitrogens with two attached hydrogens (primary N) is 1. The van der Waals surface area contributed by atoms with Crippen LogP contribution < -0.4 is 15.4 Å². The number of pyridine rings is 1. The number of carboxylic acids is 1. The van der Waals surface area contributed by atoms with Crippen molar-refractivity contribution in [2.24, 2.45) is 5.92 Å². The topological polar surface area (TPSA) is 114 Å². The number of nitrogen functional groups attached to an aromatic ring is 1. The normalized spacial score (nSPS) is 15.0. The first-order valence-corrected chi connectivity index (χ1v) is 9.63. The SMILES string of the molecule is Nc1c(Oc2ccc(Br)c3cccnc23)ncnc1N1CCC(C(=O)O)CC1. The minimum absolute atomic E-state index is 0.250. The number of hydrogen-bond donors (Lipinski definition) is 2. The number of benzene rings is 1. The van der Waals surface area contributed by atoms with Crippen LogP contribution in [-0.4, -0.2) is 39.1 Å². The molecule has 3 N–H and O–H groups in total. The predicted molar refractivity (Wildman–Crippen MR) is 109 cm³/mol. The van der Waals surface area contributed by atoms with Crippen molar-refractivity contribution in [3.8, 4) is 11.6 Å². The Hall–Kier alpha value is -2.94. The lowest BCUT2D eigenvalue weighted by Crippen LogP contribution is -2.37. The van der Waals surface area contributed by atoms with Crippen LogP contribution in [0.4, 0.5) is 11.5 Å². The van der Waals surface area contributed by atoms with Crippen LogP contribution in [0.15, 0.2) is 41.3 Å². The first kappa shape index (κ1) is 18.4. The number of fused-ring (bicyclic) bond motifs is 1. The van der Waals surface area contributed by atoms with Gasteiger partial charge >= 0.3 is 5.97 Å². The number of rotatable bonds is 4. The molecule has 0 spiro atoms. The Kier molecular flexibility index (Phi) is 4.99. The Morgan fingerprint density at radius 1 is 1.21 bits per heavy atom. The molecule has 3 heterocycles. The van der Waals surface area contributed by atoms with Crippen LogP contribution in [0.25, 0.3) is 10.9 Å². The second-order valence-electron chi connectivity index (χ2n) is 6.56. The van der Waals surface area contributed by atoms with E-state index in [1.54, 1.807) is 12.3 Å². The van der Waals surface area contributed by atoms with Gasteiger partial charge < -0.3 is 20.5 Å². The van der Waals surface area contributed by atoms with Gasteiger partial charge in [-0.2, -0.15) is 4.98 Å². The van der Waals surface area contributed by atoms with E-state index in [4.69, 9.17) is 15.6 Å². The molecule has 0 bridgehead atoms. The van der Waals surface area contributed by atoms with Gasteiger partial charge in [-0.25, -0.2) is 4.98 Å². The van der Waals surface area contributed by atoms with Gasteiger partial charge in [-0.1, -0.05) is 22.0 Å². The maximum absolute atomic E-state index is 11.2. The first-order chi connectivity index (χ1) is 13.5. The summed E-state index contributed by atoms with van der Waals surface area (Å²) >= 11 is 3.52. The maximum Gasteiger partial charge on any atom is 0.306 e. The van der Waals surface area contributed by atoms with Crippen LogP contribution in [0.1, 0.15) is 12.8 Å². The summed E-state index contributed by atoms with van der Waals surface area (Å²) < 4.78 is 6.91. The van der Waals surface area contributed by atoms with E-state index in [1.807, 2.05) is 23.1 Å². The summed E-state index contributed by atoms with van der Waals surface area (Å²) in [5.41, 5.74) is 7.31. The Labute approximate surface area is 169 Å². The largest absolute Gasteiger partial charge is 0.481 e.